The molecule has 0 aliphatic carbocycles. The minimum Gasteiger partial charge on any atom is -0.494 e. The molecule has 0 bridgehead atoms. The van der Waals surface area contributed by atoms with Gasteiger partial charge in [0.25, 0.3) is 0 Å². The van der Waals surface area contributed by atoms with Gasteiger partial charge in [0, 0.05) is 68.7 Å². The number of hydrogen-bond acceptors (Lipinski definition) is 8. The lowest BCUT2D eigenvalue weighted by Gasteiger charge is -2.33. The third-order valence-corrected chi connectivity index (χ3v) is 6.56. The number of rotatable bonds is 9. The van der Waals surface area contributed by atoms with Gasteiger partial charge in [-0.1, -0.05) is 17.7 Å². The number of aliphatic hydroxyl groups is 1. The van der Waals surface area contributed by atoms with Crippen LogP contribution in [0.2, 0.25) is 5.02 Å². The summed E-state index contributed by atoms with van der Waals surface area (Å²) < 4.78 is 19.1. The molecule has 1 fully saturated rings. The molecule has 4 rings (SSSR count). The zero-order valence-corrected chi connectivity index (χ0v) is 21.6. The Hall–Kier alpha value is -3.75. The van der Waals surface area contributed by atoms with E-state index in [1.807, 2.05) is 6.08 Å². The molecule has 0 spiro atoms. The quantitative estimate of drug-likeness (QED) is 0.353. The van der Waals surface area contributed by atoms with Crippen molar-refractivity contribution in [2.24, 2.45) is 0 Å². The number of carbonyl (C=O) groups excluding carboxylic acids is 1. The molecule has 1 aliphatic heterocycles. The van der Waals surface area contributed by atoms with Crippen LogP contribution >= 0.6 is 11.6 Å². The Bertz CT molecular complexity index is 1390. The highest BCUT2D eigenvalue weighted by atomic mass is 35.5. The number of hydrogen-bond donors (Lipinski definition) is 3. The fourth-order valence-electron chi connectivity index (χ4n) is 4.24. The summed E-state index contributed by atoms with van der Waals surface area (Å²) in [7, 11) is 1.49. The number of β-amino-alcohol motifs (C(OH)–C–C–N with tert-alkyl or cyclic N) is 1. The normalized spacial score (nSPS) is 14.5. The molecule has 9 nitrogen and oxygen atoms in total. The van der Waals surface area contributed by atoms with Crippen LogP contribution in [0.1, 0.15) is 5.56 Å². The topological polar surface area (TPSA) is 114 Å². The Balaban J connectivity index is 1.53. The molecule has 0 atom stereocenters. The summed E-state index contributed by atoms with van der Waals surface area (Å²) in [6.45, 7) is 4.98. The van der Waals surface area contributed by atoms with E-state index in [-0.39, 0.29) is 23.1 Å². The number of nitriles is 1. The second kappa shape index (κ2) is 12.7. The SMILES string of the molecule is COc1cc2ncc(C#N)c(Nc3ccc(F)c(Cl)c3)c2cc1NC(=O)C=CCN1CCN(CCO)CC1. The summed E-state index contributed by atoms with van der Waals surface area (Å²) in [5.41, 5.74) is 2.13. The molecule has 3 aromatic rings. The zero-order valence-electron chi connectivity index (χ0n) is 20.9. The van der Waals surface area contributed by atoms with Gasteiger partial charge in [-0.2, -0.15) is 5.26 Å². The van der Waals surface area contributed by atoms with Crippen molar-refractivity contribution >= 4 is 45.5 Å². The monoisotopic (exact) mass is 538 g/mol. The number of amides is 1. The van der Waals surface area contributed by atoms with Crippen LogP contribution in [0.5, 0.6) is 5.75 Å². The first-order chi connectivity index (χ1) is 18.4. The molecule has 2 heterocycles. The van der Waals surface area contributed by atoms with Crippen molar-refractivity contribution in [1.82, 2.24) is 14.8 Å². The number of nitrogens with zero attached hydrogens (tertiary/aromatic N) is 4. The van der Waals surface area contributed by atoms with Crippen molar-refractivity contribution < 1.29 is 19.0 Å². The van der Waals surface area contributed by atoms with Crippen molar-refractivity contribution in [1.29, 1.82) is 5.26 Å². The fourth-order valence-corrected chi connectivity index (χ4v) is 4.42. The summed E-state index contributed by atoms with van der Waals surface area (Å²) in [5, 5.41) is 25.2. The standard InChI is InChI=1S/C27H28ClFN6O3/c1-38-25-15-23-20(27(18(16-30)17-31-23)32-19-4-5-22(29)21(28)13-19)14-24(25)33-26(37)3-2-6-34-7-9-35(10-8-34)11-12-36/h2-5,13-15,17,36H,6-12H2,1H3,(H,31,32)(H,33,37). The van der Waals surface area contributed by atoms with E-state index >= 15 is 0 Å². The van der Waals surface area contributed by atoms with Crippen molar-refractivity contribution in [2.75, 3.05) is 63.6 Å². The van der Waals surface area contributed by atoms with Gasteiger partial charge in [0.1, 0.15) is 17.6 Å². The molecule has 1 aliphatic rings. The molecular formula is C27H28ClFN6O3. The Morgan fingerprint density at radius 3 is 2.71 bits per heavy atom. The summed E-state index contributed by atoms with van der Waals surface area (Å²) in [6.07, 6.45) is 4.72. The summed E-state index contributed by atoms with van der Waals surface area (Å²) >= 11 is 5.93. The molecule has 2 aromatic carbocycles. The van der Waals surface area contributed by atoms with Gasteiger partial charge in [-0.15, -0.1) is 0 Å². The van der Waals surface area contributed by atoms with Gasteiger partial charge >= 0.3 is 0 Å². The lowest BCUT2D eigenvalue weighted by atomic mass is 10.1. The number of methoxy groups -OCH3 is 1. The number of pyridine rings is 1. The Morgan fingerprint density at radius 2 is 2.03 bits per heavy atom. The highest BCUT2D eigenvalue weighted by Crippen LogP contribution is 2.36. The summed E-state index contributed by atoms with van der Waals surface area (Å²) in [6, 6.07) is 9.63. The Labute approximate surface area is 225 Å². The summed E-state index contributed by atoms with van der Waals surface area (Å²) in [4.78, 5) is 21.5. The van der Waals surface area contributed by atoms with Crippen LogP contribution in [0.4, 0.5) is 21.5 Å². The van der Waals surface area contributed by atoms with Crippen LogP contribution in [-0.2, 0) is 4.79 Å². The molecule has 1 amide bonds. The molecule has 198 valence electrons. The molecule has 1 saturated heterocycles. The minimum atomic E-state index is -0.552. The number of carbonyl (C=O) groups is 1. The van der Waals surface area contributed by atoms with Crippen molar-refractivity contribution in [3.8, 4) is 11.8 Å². The predicted molar refractivity (Wildman–Crippen MR) is 145 cm³/mol. The molecule has 3 N–H and O–H groups in total. The first-order valence-corrected chi connectivity index (χ1v) is 12.5. The van der Waals surface area contributed by atoms with Gasteiger partial charge in [-0.25, -0.2) is 4.39 Å². The molecular weight excluding hydrogens is 511 g/mol. The first kappa shape index (κ1) is 27.3. The first-order valence-electron chi connectivity index (χ1n) is 12.1. The second-order valence-corrected chi connectivity index (χ2v) is 9.15. The number of aromatic nitrogens is 1. The highest BCUT2D eigenvalue weighted by molar-refractivity contribution is 6.31. The number of halogens is 2. The predicted octanol–water partition coefficient (Wildman–Crippen LogP) is 3.76. The van der Waals surface area contributed by atoms with Gasteiger partial charge in [0.15, 0.2) is 0 Å². The number of anilines is 3. The van der Waals surface area contributed by atoms with E-state index in [0.29, 0.717) is 46.8 Å². The molecule has 38 heavy (non-hydrogen) atoms. The molecule has 0 radical (unpaired) electrons. The minimum absolute atomic E-state index is 0.0553. The van der Waals surface area contributed by atoms with Crippen LogP contribution in [0.25, 0.3) is 10.9 Å². The molecule has 1 aromatic heterocycles. The molecule has 0 saturated carbocycles. The van der Waals surface area contributed by atoms with E-state index < -0.39 is 5.82 Å². The third kappa shape index (κ3) is 6.57. The van der Waals surface area contributed by atoms with E-state index in [0.717, 1.165) is 26.2 Å². The number of aliphatic hydroxyl groups excluding tert-OH is 1. The van der Waals surface area contributed by atoms with Crippen LogP contribution in [0.15, 0.2) is 48.7 Å². The van der Waals surface area contributed by atoms with Gasteiger partial charge in [-0.05, 0) is 24.3 Å². The maximum atomic E-state index is 13.6. The largest absolute Gasteiger partial charge is 0.494 e. The zero-order chi connectivity index (χ0) is 27.1. The maximum Gasteiger partial charge on any atom is 0.248 e. The fraction of sp³-hybridized carbons (Fsp3) is 0.296. The van der Waals surface area contributed by atoms with Crippen LogP contribution in [-0.4, -0.2) is 78.8 Å². The van der Waals surface area contributed by atoms with Crippen molar-refractivity contribution in [2.45, 2.75) is 0 Å². The van der Waals surface area contributed by atoms with E-state index in [4.69, 9.17) is 21.4 Å². The summed E-state index contributed by atoms with van der Waals surface area (Å²) in [5.74, 6) is -0.470. The number of benzene rings is 2. The number of piperazine rings is 1. The second-order valence-electron chi connectivity index (χ2n) is 8.74. The number of nitrogens with one attached hydrogen (secondary N) is 2. The smallest absolute Gasteiger partial charge is 0.248 e. The average molecular weight is 539 g/mol. The molecule has 0 unspecified atom stereocenters. The maximum absolute atomic E-state index is 13.6. The van der Waals surface area contributed by atoms with Gasteiger partial charge in [0.05, 0.1) is 41.2 Å². The number of ether oxygens (including phenoxy) is 1. The third-order valence-electron chi connectivity index (χ3n) is 6.27. The lowest BCUT2D eigenvalue weighted by molar-refractivity contribution is -0.111. The lowest BCUT2D eigenvalue weighted by Crippen LogP contribution is -2.47. The molecule has 11 heteroatoms. The van der Waals surface area contributed by atoms with Crippen LogP contribution in [0, 0.1) is 17.1 Å². The van der Waals surface area contributed by atoms with Gasteiger partial charge in [0.2, 0.25) is 5.91 Å². The number of fused-ring (bicyclic) bond motifs is 1. The van der Waals surface area contributed by atoms with Crippen LogP contribution in [0.3, 0.4) is 0 Å². The van der Waals surface area contributed by atoms with Crippen LogP contribution < -0.4 is 15.4 Å². The van der Waals surface area contributed by atoms with Gasteiger partial charge in [-0.3, -0.25) is 19.6 Å². The van der Waals surface area contributed by atoms with E-state index in [1.165, 1.54) is 37.6 Å². The van der Waals surface area contributed by atoms with Crippen molar-refractivity contribution in [3.05, 3.63) is 65.1 Å². The van der Waals surface area contributed by atoms with Gasteiger partial charge < -0.3 is 20.5 Å². The van der Waals surface area contributed by atoms with Crippen molar-refractivity contribution in [3.63, 3.8) is 0 Å². The Morgan fingerprint density at radius 1 is 1.26 bits per heavy atom. The van der Waals surface area contributed by atoms with E-state index in [9.17, 15) is 14.4 Å². The Kier molecular flexibility index (Phi) is 9.10. The highest BCUT2D eigenvalue weighted by Gasteiger charge is 2.17. The van der Waals surface area contributed by atoms with E-state index in [1.54, 1.807) is 12.1 Å². The average Bonchev–Trinajstić information content (AvgIpc) is 2.92. The van der Waals surface area contributed by atoms with E-state index in [2.05, 4.69) is 31.5 Å².